The zero-order chi connectivity index (χ0) is 18.1. The highest BCUT2D eigenvalue weighted by Crippen LogP contribution is 2.23. The van der Waals surface area contributed by atoms with Crippen LogP contribution in [0.25, 0.3) is 16.9 Å². The number of likely N-dealkylation sites (tertiary alicyclic amines) is 1. The van der Waals surface area contributed by atoms with Gasteiger partial charge in [0.25, 0.3) is 5.91 Å². The van der Waals surface area contributed by atoms with Crippen molar-refractivity contribution in [2.45, 2.75) is 12.5 Å². The Morgan fingerprint density at radius 3 is 3.04 bits per heavy atom. The molecule has 0 spiro atoms. The van der Waals surface area contributed by atoms with Crippen LogP contribution in [0.2, 0.25) is 0 Å². The number of nitriles is 1. The number of carbonyl (C=O) groups is 1. The number of nitrogens with zero attached hydrogens (tertiary/aromatic N) is 5. The molecule has 8 heteroatoms. The van der Waals surface area contributed by atoms with Gasteiger partial charge >= 0.3 is 0 Å². The zero-order valence-electron chi connectivity index (χ0n) is 13.8. The Labute approximate surface area is 148 Å². The van der Waals surface area contributed by atoms with Crippen molar-refractivity contribution < 1.29 is 9.18 Å². The van der Waals surface area contributed by atoms with Crippen LogP contribution >= 0.6 is 0 Å². The molecule has 1 atom stereocenters. The summed E-state index contributed by atoms with van der Waals surface area (Å²) in [6, 6.07) is 4.34. The number of fused-ring (bicyclic) bond motifs is 1. The van der Waals surface area contributed by atoms with E-state index in [1.165, 1.54) is 12.1 Å². The highest BCUT2D eigenvalue weighted by Gasteiger charge is 2.24. The van der Waals surface area contributed by atoms with E-state index in [1.54, 1.807) is 40.2 Å². The first-order valence-electron chi connectivity index (χ1n) is 8.18. The molecular weight excluding hydrogens is 335 g/mol. The number of hydrogen-bond acceptors (Lipinski definition) is 5. The zero-order valence-corrected chi connectivity index (χ0v) is 13.8. The summed E-state index contributed by atoms with van der Waals surface area (Å²) in [6.45, 7) is 1.06. The fraction of sp³-hybridized carbons (Fsp3) is 0.222. The third kappa shape index (κ3) is 2.84. The first-order valence-corrected chi connectivity index (χ1v) is 8.18. The summed E-state index contributed by atoms with van der Waals surface area (Å²) in [6.07, 6.45) is 9.36. The smallest absolute Gasteiger partial charge is 0.254 e. The Bertz CT molecular complexity index is 1020. The van der Waals surface area contributed by atoms with Crippen LogP contribution in [0.15, 0.2) is 43.0 Å². The number of carbonyl (C=O) groups excluding carboxylic acids is 1. The summed E-state index contributed by atoms with van der Waals surface area (Å²) in [5.41, 5.74) is 1.98. The highest BCUT2D eigenvalue weighted by molar-refractivity contribution is 5.95. The van der Waals surface area contributed by atoms with E-state index >= 15 is 0 Å². The Balaban J connectivity index is 1.56. The van der Waals surface area contributed by atoms with Crippen molar-refractivity contribution >= 4 is 11.6 Å². The number of benzene rings is 1. The number of imidazole rings is 1. The monoisotopic (exact) mass is 350 g/mol. The van der Waals surface area contributed by atoms with E-state index in [-0.39, 0.29) is 11.6 Å². The van der Waals surface area contributed by atoms with Crippen molar-refractivity contribution in [3.63, 3.8) is 0 Å². The van der Waals surface area contributed by atoms with Crippen LogP contribution < -0.4 is 5.32 Å². The lowest BCUT2D eigenvalue weighted by Crippen LogP contribution is -2.36. The minimum atomic E-state index is -0.598. The maximum absolute atomic E-state index is 14.5. The van der Waals surface area contributed by atoms with Crippen LogP contribution in [0.4, 0.5) is 4.39 Å². The molecule has 1 aliphatic rings. The molecule has 26 heavy (non-hydrogen) atoms. The van der Waals surface area contributed by atoms with Gasteiger partial charge in [0, 0.05) is 37.1 Å². The molecule has 7 nitrogen and oxygen atoms in total. The summed E-state index contributed by atoms with van der Waals surface area (Å²) < 4.78 is 16.3. The van der Waals surface area contributed by atoms with Gasteiger partial charge in [-0.1, -0.05) is 6.07 Å². The second-order valence-corrected chi connectivity index (χ2v) is 6.15. The molecule has 4 rings (SSSR count). The first kappa shape index (κ1) is 16.0. The number of aromatic nitrogens is 3. The van der Waals surface area contributed by atoms with Gasteiger partial charge in [-0.05, 0) is 18.6 Å². The van der Waals surface area contributed by atoms with E-state index in [9.17, 15) is 9.18 Å². The average Bonchev–Trinajstić information content (AvgIpc) is 3.28. The van der Waals surface area contributed by atoms with Gasteiger partial charge in [0.1, 0.15) is 5.82 Å². The number of nitrogens with one attached hydrogen (secondary N) is 1. The normalized spacial score (nSPS) is 16.6. The van der Waals surface area contributed by atoms with Crippen LogP contribution in [0, 0.1) is 17.3 Å². The SMILES string of the molecule is N#CN1CCC(NC(=O)c2ccc(-c3cnc4cnccn34)cc2F)C1. The molecule has 1 aliphatic heterocycles. The molecule has 1 unspecified atom stereocenters. The predicted molar refractivity (Wildman–Crippen MR) is 91.4 cm³/mol. The van der Waals surface area contributed by atoms with Crippen molar-refractivity contribution in [3.8, 4) is 17.5 Å². The standard InChI is InChI=1S/C18H15FN6O/c19-15-7-12(16-8-22-17-9-21-4-6-25(16)17)1-2-14(15)18(26)23-13-3-5-24(10-13)11-20/h1-2,4,6-9,13H,3,5,10H2,(H,23,26). The molecule has 0 aliphatic carbocycles. The van der Waals surface area contributed by atoms with Crippen LogP contribution in [0.1, 0.15) is 16.8 Å². The van der Waals surface area contributed by atoms with Gasteiger partial charge in [0.15, 0.2) is 11.8 Å². The lowest BCUT2D eigenvalue weighted by atomic mass is 10.1. The van der Waals surface area contributed by atoms with Crippen molar-refractivity contribution in [1.29, 1.82) is 5.26 Å². The lowest BCUT2D eigenvalue weighted by molar-refractivity contribution is 0.0935. The summed E-state index contributed by atoms with van der Waals surface area (Å²) in [5.74, 6) is -1.07. The Kier molecular flexibility index (Phi) is 3.97. The minimum absolute atomic E-state index is 0.0142. The Morgan fingerprint density at radius 2 is 2.27 bits per heavy atom. The van der Waals surface area contributed by atoms with Gasteiger partial charge in [-0.15, -0.1) is 0 Å². The molecule has 0 radical (unpaired) electrons. The fourth-order valence-electron chi connectivity index (χ4n) is 3.15. The van der Waals surface area contributed by atoms with Crippen molar-refractivity contribution in [2.75, 3.05) is 13.1 Å². The molecule has 1 fully saturated rings. The summed E-state index contributed by atoms with van der Waals surface area (Å²) in [5, 5.41) is 11.7. The molecule has 1 amide bonds. The minimum Gasteiger partial charge on any atom is -0.347 e. The predicted octanol–water partition coefficient (Wildman–Crippen LogP) is 1.82. The molecule has 2 aromatic heterocycles. The second-order valence-electron chi connectivity index (χ2n) is 6.15. The summed E-state index contributed by atoms with van der Waals surface area (Å²) in [7, 11) is 0. The van der Waals surface area contributed by atoms with E-state index in [4.69, 9.17) is 5.26 Å². The maximum Gasteiger partial charge on any atom is 0.254 e. The van der Waals surface area contributed by atoms with E-state index in [0.29, 0.717) is 36.4 Å². The Hall–Kier alpha value is -3.47. The number of hydrogen-bond donors (Lipinski definition) is 1. The average molecular weight is 350 g/mol. The number of amides is 1. The van der Waals surface area contributed by atoms with E-state index in [0.717, 1.165) is 0 Å². The van der Waals surface area contributed by atoms with Gasteiger partial charge in [-0.25, -0.2) is 9.37 Å². The molecule has 0 saturated carbocycles. The maximum atomic E-state index is 14.5. The third-order valence-electron chi connectivity index (χ3n) is 4.49. The van der Waals surface area contributed by atoms with E-state index in [1.807, 2.05) is 0 Å². The van der Waals surface area contributed by atoms with Crippen molar-refractivity contribution in [2.24, 2.45) is 0 Å². The molecule has 0 bridgehead atoms. The molecule has 1 saturated heterocycles. The van der Waals surface area contributed by atoms with Crippen LogP contribution in [-0.4, -0.2) is 44.3 Å². The fourth-order valence-corrected chi connectivity index (χ4v) is 3.15. The number of rotatable bonds is 3. The Morgan fingerprint density at radius 1 is 1.38 bits per heavy atom. The molecule has 3 aromatic rings. The van der Waals surface area contributed by atoms with Crippen LogP contribution in [0.5, 0.6) is 0 Å². The van der Waals surface area contributed by atoms with Crippen LogP contribution in [-0.2, 0) is 0 Å². The van der Waals surface area contributed by atoms with Crippen molar-refractivity contribution in [1.82, 2.24) is 24.6 Å². The third-order valence-corrected chi connectivity index (χ3v) is 4.49. The quantitative estimate of drug-likeness (QED) is 0.728. The van der Waals surface area contributed by atoms with E-state index in [2.05, 4.69) is 21.5 Å². The lowest BCUT2D eigenvalue weighted by Gasteiger charge is -2.13. The van der Waals surface area contributed by atoms with E-state index < -0.39 is 11.7 Å². The largest absolute Gasteiger partial charge is 0.347 e. The van der Waals surface area contributed by atoms with Crippen LogP contribution in [0.3, 0.4) is 0 Å². The first-order chi connectivity index (χ1) is 12.7. The topological polar surface area (TPSA) is 86.3 Å². The molecular formula is C18H15FN6O. The molecule has 1 N–H and O–H groups in total. The van der Waals surface area contributed by atoms with Gasteiger partial charge in [-0.2, -0.15) is 5.26 Å². The van der Waals surface area contributed by atoms with Gasteiger partial charge in [-0.3, -0.25) is 14.2 Å². The molecule has 1 aromatic carbocycles. The summed E-state index contributed by atoms with van der Waals surface area (Å²) in [4.78, 5) is 22.2. The van der Waals surface area contributed by atoms with Gasteiger partial charge < -0.3 is 10.2 Å². The summed E-state index contributed by atoms with van der Waals surface area (Å²) >= 11 is 0. The van der Waals surface area contributed by atoms with Gasteiger partial charge in [0.05, 0.1) is 23.7 Å². The second kappa shape index (κ2) is 6.44. The molecule has 3 heterocycles. The highest BCUT2D eigenvalue weighted by atomic mass is 19.1. The van der Waals surface area contributed by atoms with Gasteiger partial charge in [0.2, 0.25) is 0 Å². The molecule has 130 valence electrons. The number of halogens is 1. The van der Waals surface area contributed by atoms with Crippen molar-refractivity contribution in [3.05, 3.63) is 54.4 Å².